The number of carbonyl (C=O) groups excluding carboxylic acids is 1. The molecule has 3 N–H and O–H groups in total. The molecule has 1 aromatic heterocycles. The summed E-state index contributed by atoms with van der Waals surface area (Å²) in [6.45, 7) is 3.01. The lowest BCUT2D eigenvalue weighted by Crippen LogP contribution is -2.38. The Morgan fingerprint density at radius 3 is 2.62 bits per heavy atom. The highest BCUT2D eigenvalue weighted by atomic mass is 35.5. The van der Waals surface area contributed by atoms with Crippen LogP contribution in [-0.4, -0.2) is 36.5 Å². The predicted octanol–water partition coefficient (Wildman–Crippen LogP) is 3.36. The van der Waals surface area contributed by atoms with Gasteiger partial charge in [-0.1, -0.05) is 12.5 Å². The molecule has 1 unspecified atom stereocenters. The molecule has 3 rings (SSSR count). The molecule has 24 heavy (non-hydrogen) atoms. The smallest absolute Gasteiger partial charge is 0.220 e. The van der Waals surface area contributed by atoms with Crippen LogP contribution < -0.4 is 11.1 Å². The van der Waals surface area contributed by atoms with Gasteiger partial charge in [0.1, 0.15) is 0 Å². The first-order chi connectivity index (χ1) is 10.7. The lowest BCUT2D eigenvalue weighted by Gasteiger charge is -2.27. The first-order valence-corrected chi connectivity index (χ1v) is 9.42. The second kappa shape index (κ2) is 10.6. The van der Waals surface area contributed by atoms with E-state index in [2.05, 4.69) is 27.7 Å². The van der Waals surface area contributed by atoms with Crippen molar-refractivity contribution in [2.75, 3.05) is 19.6 Å². The van der Waals surface area contributed by atoms with E-state index in [1.165, 1.54) is 24.1 Å². The van der Waals surface area contributed by atoms with Crippen LogP contribution in [0.4, 0.5) is 0 Å². The quantitative estimate of drug-likeness (QED) is 0.778. The Morgan fingerprint density at radius 2 is 2.04 bits per heavy atom. The maximum Gasteiger partial charge on any atom is 0.220 e. The maximum atomic E-state index is 12.3. The fourth-order valence-corrected chi connectivity index (χ4v) is 4.64. The summed E-state index contributed by atoms with van der Waals surface area (Å²) in [4.78, 5) is 16.1. The van der Waals surface area contributed by atoms with Crippen molar-refractivity contribution in [2.24, 2.45) is 11.7 Å². The zero-order valence-electron chi connectivity index (χ0n) is 14.0. The molecule has 1 aromatic rings. The van der Waals surface area contributed by atoms with Crippen molar-refractivity contribution < 1.29 is 4.79 Å². The Labute approximate surface area is 161 Å². The molecule has 1 saturated carbocycles. The van der Waals surface area contributed by atoms with Gasteiger partial charge >= 0.3 is 0 Å². The Bertz CT molecular complexity index is 480. The summed E-state index contributed by atoms with van der Waals surface area (Å²) in [5.41, 5.74) is 6.07. The fourth-order valence-electron chi connectivity index (χ4n) is 3.78. The topological polar surface area (TPSA) is 58.4 Å². The molecule has 1 aliphatic carbocycles. The number of carbonyl (C=O) groups is 1. The molecule has 2 fully saturated rings. The monoisotopic (exact) mass is 393 g/mol. The Kier molecular flexibility index (Phi) is 9.60. The van der Waals surface area contributed by atoms with Crippen molar-refractivity contribution in [1.82, 2.24) is 10.2 Å². The maximum absolute atomic E-state index is 12.3. The average molecular weight is 394 g/mol. The van der Waals surface area contributed by atoms with E-state index in [4.69, 9.17) is 5.73 Å². The number of amides is 1. The van der Waals surface area contributed by atoms with E-state index in [1.807, 2.05) is 0 Å². The van der Waals surface area contributed by atoms with Gasteiger partial charge in [0.05, 0.1) is 6.04 Å². The number of nitrogens with two attached hydrogens (primary N) is 1. The van der Waals surface area contributed by atoms with E-state index in [-0.39, 0.29) is 36.8 Å². The molecule has 3 atom stereocenters. The molecular formula is C17H29Cl2N3OS. The molecule has 2 aliphatic rings. The highest BCUT2D eigenvalue weighted by Crippen LogP contribution is 2.29. The zero-order chi connectivity index (χ0) is 15.4. The summed E-state index contributed by atoms with van der Waals surface area (Å²) in [5, 5.41) is 5.29. The molecule has 2 heterocycles. The van der Waals surface area contributed by atoms with Crippen LogP contribution in [-0.2, 0) is 4.79 Å². The number of thiophene rings is 1. The number of nitrogens with zero attached hydrogens (tertiary/aromatic N) is 1. The highest BCUT2D eigenvalue weighted by molar-refractivity contribution is 7.10. The van der Waals surface area contributed by atoms with E-state index in [0.717, 1.165) is 32.5 Å². The lowest BCUT2D eigenvalue weighted by molar-refractivity contribution is -0.122. The number of hydrogen-bond donors (Lipinski definition) is 2. The van der Waals surface area contributed by atoms with Gasteiger partial charge in [0.25, 0.3) is 0 Å². The fraction of sp³-hybridized carbons (Fsp3) is 0.706. The Hall–Kier alpha value is -0.330. The van der Waals surface area contributed by atoms with E-state index >= 15 is 0 Å². The minimum absolute atomic E-state index is 0. The lowest BCUT2D eigenvalue weighted by atomic mass is 10.00. The van der Waals surface area contributed by atoms with Gasteiger partial charge in [-0.25, -0.2) is 0 Å². The molecule has 0 bridgehead atoms. The van der Waals surface area contributed by atoms with Crippen LogP contribution in [0.1, 0.15) is 49.4 Å². The van der Waals surface area contributed by atoms with Gasteiger partial charge in [0, 0.05) is 23.9 Å². The second-order valence-corrected chi connectivity index (χ2v) is 7.62. The van der Waals surface area contributed by atoms with Gasteiger partial charge < -0.3 is 11.1 Å². The molecule has 7 heteroatoms. The van der Waals surface area contributed by atoms with E-state index < -0.39 is 0 Å². The minimum atomic E-state index is 0. The molecule has 1 amide bonds. The van der Waals surface area contributed by atoms with Gasteiger partial charge in [0.15, 0.2) is 0 Å². The molecule has 0 radical (unpaired) electrons. The van der Waals surface area contributed by atoms with Crippen LogP contribution >= 0.6 is 36.2 Å². The second-order valence-electron chi connectivity index (χ2n) is 6.64. The molecular weight excluding hydrogens is 365 g/mol. The minimum Gasteiger partial charge on any atom is -0.354 e. The molecule has 1 aliphatic heterocycles. The molecule has 138 valence electrons. The zero-order valence-corrected chi connectivity index (χ0v) is 16.4. The Morgan fingerprint density at radius 1 is 1.29 bits per heavy atom. The number of rotatable bonds is 6. The SMILES string of the molecule is Cl.Cl.N[C@@H]1CCC[C@H]1CC(=O)NCC(c1cccs1)N1CCCC1. The number of hydrogen-bond acceptors (Lipinski definition) is 4. The first kappa shape index (κ1) is 21.7. The van der Waals surface area contributed by atoms with Gasteiger partial charge in [-0.3, -0.25) is 9.69 Å². The van der Waals surface area contributed by atoms with Crippen LogP contribution in [0.25, 0.3) is 0 Å². The van der Waals surface area contributed by atoms with Crippen molar-refractivity contribution in [3.05, 3.63) is 22.4 Å². The predicted molar refractivity (Wildman–Crippen MR) is 105 cm³/mol. The first-order valence-electron chi connectivity index (χ1n) is 8.54. The van der Waals surface area contributed by atoms with Crippen molar-refractivity contribution in [2.45, 2.75) is 50.6 Å². The third kappa shape index (κ3) is 5.60. The van der Waals surface area contributed by atoms with Crippen LogP contribution in [0.5, 0.6) is 0 Å². The highest BCUT2D eigenvalue weighted by Gasteiger charge is 2.28. The van der Waals surface area contributed by atoms with Crippen LogP contribution in [0.3, 0.4) is 0 Å². The standard InChI is InChI=1S/C17H27N3OS.2ClH/c18-14-6-3-5-13(14)11-17(21)19-12-15(16-7-4-10-22-16)20-8-1-2-9-20;;/h4,7,10,13-15H,1-3,5-6,8-9,11-12,18H2,(H,19,21);2*1H/t13-,14+,15?;;/m0../s1. The third-order valence-corrected chi connectivity index (χ3v) is 6.08. The summed E-state index contributed by atoms with van der Waals surface area (Å²) >= 11 is 1.79. The normalized spacial score (nSPS) is 24.9. The van der Waals surface area contributed by atoms with Crippen molar-refractivity contribution in [3.63, 3.8) is 0 Å². The van der Waals surface area contributed by atoms with Crippen molar-refractivity contribution in [3.8, 4) is 0 Å². The van der Waals surface area contributed by atoms with Crippen molar-refractivity contribution in [1.29, 1.82) is 0 Å². The molecule has 1 saturated heterocycles. The van der Waals surface area contributed by atoms with Crippen LogP contribution in [0, 0.1) is 5.92 Å². The van der Waals surface area contributed by atoms with Gasteiger partial charge in [0.2, 0.25) is 5.91 Å². The largest absolute Gasteiger partial charge is 0.354 e. The Balaban J connectivity index is 0.00000144. The van der Waals surface area contributed by atoms with Gasteiger partial charge in [-0.15, -0.1) is 36.2 Å². The molecule has 0 spiro atoms. The van der Waals surface area contributed by atoms with E-state index in [9.17, 15) is 4.79 Å². The third-order valence-electron chi connectivity index (χ3n) is 5.11. The van der Waals surface area contributed by atoms with E-state index in [0.29, 0.717) is 18.4 Å². The molecule has 4 nitrogen and oxygen atoms in total. The van der Waals surface area contributed by atoms with Crippen LogP contribution in [0.2, 0.25) is 0 Å². The number of halogens is 2. The summed E-state index contributed by atoms with van der Waals surface area (Å²) in [7, 11) is 0. The molecule has 0 aromatic carbocycles. The van der Waals surface area contributed by atoms with Gasteiger partial charge in [-0.2, -0.15) is 0 Å². The summed E-state index contributed by atoms with van der Waals surface area (Å²) in [6, 6.07) is 4.84. The summed E-state index contributed by atoms with van der Waals surface area (Å²) in [5.74, 6) is 0.551. The number of nitrogens with one attached hydrogen (secondary N) is 1. The van der Waals surface area contributed by atoms with Crippen LogP contribution in [0.15, 0.2) is 17.5 Å². The van der Waals surface area contributed by atoms with E-state index in [1.54, 1.807) is 11.3 Å². The number of likely N-dealkylation sites (tertiary alicyclic amines) is 1. The average Bonchev–Trinajstić information content (AvgIpc) is 3.23. The van der Waals surface area contributed by atoms with Gasteiger partial charge in [-0.05, 0) is 56.1 Å². The summed E-state index contributed by atoms with van der Waals surface area (Å²) < 4.78 is 0. The van der Waals surface area contributed by atoms with Crippen molar-refractivity contribution >= 4 is 42.1 Å². The summed E-state index contributed by atoms with van der Waals surface area (Å²) in [6.07, 6.45) is 6.49.